The molecule has 0 N–H and O–H groups in total. The summed E-state index contributed by atoms with van der Waals surface area (Å²) in [5, 5.41) is 2.44. The number of aryl methyl sites for hydroxylation is 1. The zero-order valence-corrected chi connectivity index (χ0v) is 11.7. The molecular weight excluding hydrogens is 256 g/mol. The number of fused-ring (bicyclic) bond motifs is 3. The second-order valence-corrected chi connectivity index (χ2v) is 5.37. The van der Waals surface area contributed by atoms with Crippen LogP contribution in [0.25, 0.3) is 21.0 Å². The molecule has 0 saturated carbocycles. The third-order valence-electron chi connectivity index (χ3n) is 3.14. The lowest BCUT2D eigenvalue weighted by Gasteiger charge is -2.02. The van der Waals surface area contributed by atoms with Crippen molar-refractivity contribution in [2.24, 2.45) is 4.99 Å². The van der Waals surface area contributed by atoms with E-state index < -0.39 is 0 Å². The first-order valence-corrected chi connectivity index (χ1v) is 7.08. The summed E-state index contributed by atoms with van der Waals surface area (Å²) < 4.78 is 3.29. The predicted molar refractivity (Wildman–Crippen MR) is 79.2 cm³/mol. The summed E-state index contributed by atoms with van der Waals surface area (Å²) in [6.07, 6.45) is 0. The molecule has 3 aromatic rings. The van der Waals surface area contributed by atoms with Crippen molar-refractivity contribution >= 4 is 38.2 Å². The van der Waals surface area contributed by atoms with Crippen LogP contribution in [0.4, 0.5) is 0 Å². The Hall–Kier alpha value is -1.94. The highest BCUT2D eigenvalue weighted by Gasteiger charge is 2.08. The van der Waals surface area contributed by atoms with Crippen LogP contribution in [0.15, 0.2) is 41.4 Å². The van der Waals surface area contributed by atoms with Crippen molar-refractivity contribution < 1.29 is 4.79 Å². The second kappa shape index (κ2) is 4.63. The van der Waals surface area contributed by atoms with Crippen LogP contribution in [-0.4, -0.2) is 10.5 Å². The number of nitrogens with zero attached hydrogens (tertiary/aromatic N) is 2. The van der Waals surface area contributed by atoms with Gasteiger partial charge in [0.25, 0.3) is 0 Å². The van der Waals surface area contributed by atoms with Gasteiger partial charge in [-0.3, -0.25) is 4.79 Å². The van der Waals surface area contributed by atoms with Crippen LogP contribution >= 0.6 is 11.3 Å². The lowest BCUT2D eigenvalue weighted by atomic mass is 10.1. The Labute approximate surface area is 114 Å². The molecule has 1 amide bonds. The largest absolute Gasteiger partial charge is 0.317 e. The van der Waals surface area contributed by atoms with Gasteiger partial charge < -0.3 is 4.57 Å². The zero-order chi connectivity index (χ0) is 13.4. The van der Waals surface area contributed by atoms with Crippen LogP contribution in [-0.2, 0) is 11.3 Å². The molecule has 0 aliphatic carbocycles. The number of amides is 1. The first kappa shape index (κ1) is 12.1. The molecule has 96 valence electrons. The average molecular weight is 270 g/mol. The molecule has 0 aliphatic heterocycles. The maximum absolute atomic E-state index is 11.2. The van der Waals surface area contributed by atoms with E-state index in [1.54, 1.807) is 11.3 Å². The molecule has 0 unspecified atom stereocenters. The van der Waals surface area contributed by atoms with Gasteiger partial charge in [-0.25, -0.2) is 0 Å². The van der Waals surface area contributed by atoms with Crippen LogP contribution in [0.5, 0.6) is 0 Å². The van der Waals surface area contributed by atoms with Crippen LogP contribution in [0, 0.1) is 0 Å². The molecular formula is C15H14N2OS. The highest BCUT2D eigenvalue weighted by molar-refractivity contribution is 7.17. The monoisotopic (exact) mass is 270 g/mol. The van der Waals surface area contributed by atoms with Crippen molar-refractivity contribution in [3.63, 3.8) is 0 Å². The summed E-state index contributed by atoms with van der Waals surface area (Å²) in [4.78, 5) is 16.1. The van der Waals surface area contributed by atoms with Gasteiger partial charge in [-0.1, -0.05) is 41.7 Å². The third-order valence-corrected chi connectivity index (χ3v) is 4.27. The minimum atomic E-state index is -0.155. The highest BCUT2D eigenvalue weighted by atomic mass is 32.1. The normalized spacial score (nSPS) is 12.4. The highest BCUT2D eigenvalue weighted by Crippen LogP contribution is 2.27. The number of thiazole rings is 1. The molecule has 4 heteroatoms. The van der Waals surface area contributed by atoms with Gasteiger partial charge >= 0.3 is 0 Å². The van der Waals surface area contributed by atoms with Crippen molar-refractivity contribution in [2.45, 2.75) is 20.4 Å². The molecule has 1 heterocycles. The van der Waals surface area contributed by atoms with Crippen LogP contribution in [0.1, 0.15) is 13.8 Å². The summed E-state index contributed by atoms with van der Waals surface area (Å²) in [5.74, 6) is -0.155. The Morgan fingerprint density at radius 2 is 2.05 bits per heavy atom. The molecule has 0 saturated heterocycles. The molecule has 0 spiro atoms. The Balaban J connectivity index is 2.49. The van der Waals surface area contributed by atoms with Gasteiger partial charge in [-0.15, -0.1) is 0 Å². The van der Waals surface area contributed by atoms with Crippen molar-refractivity contribution in [3.05, 3.63) is 41.2 Å². The third kappa shape index (κ3) is 1.98. The number of rotatable bonds is 1. The van der Waals surface area contributed by atoms with E-state index in [0.717, 1.165) is 16.9 Å². The number of hydrogen-bond acceptors (Lipinski definition) is 2. The van der Waals surface area contributed by atoms with E-state index in [1.807, 2.05) is 12.1 Å². The second-order valence-electron chi connectivity index (χ2n) is 4.39. The predicted octanol–water partition coefficient (Wildman–Crippen LogP) is 3.32. The molecule has 0 fully saturated rings. The van der Waals surface area contributed by atoms with Gasteiger partial charge in [0.15, 0.2) is 4.80 Å². The van der Waals surface area contributed by atoms with E-state index in [4.69, 9.17) is 0 Å². The van der Waals surface area contributed by atoms with Gasteiger partial charge in [0.05, 0.1) is 10.2 Å². The molecule has 0 bridgehead atoms. The van der Waals surface area contributed by atoms with Crippen molar-refractivity contribution in [1.82, 2.24) is 4.57 Å². The van der Waals surface area contributed by atoms with E-state index in [0.29, 0.717) is 0 Å². The van der Waals surface area contributed by atoms with Crippen LogP contribution in [0.2, 0.25) is 0 Å². The number of carbonyl (C=O) groups excluding carboxylic acids is 1. The fourth-order valence-electron chi connectivity index (χ4n) is 2.32. The maximum Gasteiger partial charge on any atom is 0.245 e. The average Bonchev–Trinajstić information content (AvgIpc) is 2.75. The summed E-state index contributed by atoms with van der Waals surface area (Å²) in [6.45, 7) is 4.37. The first-order chi connectivity index (χ1) is 9.20. The number of aromatic nitrogens is 1. The fourth-order valence-corrected chi connectivity index (χ4v) is 3.60. The molecule has 3 nitrogen and oxygen atoms in total. The molecule has 0 radical (unpaired) electrons. The van der Waals surface area contributed by atoms with Crippen molar-refractivity contribution in [3.8, 4) is 0 Å². The van der Waals surface area contributed by atoms with Crippen molar-refractivity contribution in [1.29, 1.82) is 0 Å². The van der Waals surface area contributed by atoms with Gasteiger partial charge in [0.1, 0.15) is 0 Å². The Morgan fingerprint density at radius 3 is 2.79 bits per heavy atom. The molecule has 19 heavy (non-hydrogen) atoms. The van der Waals surface area contributed by atoms with Crippen LogP contribution in [0.3, 0.4) is 0 Å². The smallest absolute Gasteiger partial charge is 0.245 e. The lowest BCUT2D eigenvalue weighted by molar-refractivity contribution is -0.116. The van der Waals surface area contributed by atoms with Gasteiger partial charge in [-0.2, -0.15) is 4.99 Å². The number of hydrogen-bond donors (Lipinski definition) is 0. The molecule has 0 aliphatic rings. The number of benzene rings is 2. The fraction of sp³-hybridized carbons (Fsp3) is 0.200. The SMILES string of the molecule is CCn1c(=NC(C)=O)sc2c3ccccc3ccc21. The summed E-state index contributed by atoms with van der Waals surface area (Å²) in [6, 6.07) is 12.5. The van der Waals surface area contributed by atoms with Crippen molar-refractivity contribution in [2.75, 3.05) is 0 Å². The molecule has 1 aromatic heterocycles. The molecule has 0 atom stereocenters. The Kier molecular flexibility index (Phi) is 2.95. The minimum Gasteiger partial charge on any atom is -0.317 e. The van der Waals surface area contributed by atoms with E-state index in [2.05, 4.69) is 40.7 Å². The Morgan fingerprint density at radius 1 is 1.26 bits per heavy atom. The first-order valence-electron chi connectivity index (χ1n) is 6.27. The van der Waals surface area contributed by atoms with E-state index in [9.17, 15) is 4.79 Å². The van der Waals surface area contributed by atoms with E-state index in [1.165, 1.54) is 22.4 Å². The maximum atomic E-state index is 11.2. The lowest BCUT2D eigenvalue weighted by Crippen LogP contribution is -2.14. The van der Waals surface area contributed by atoms with E-state index in [-0.39, 0.29) is 5.91 Å². The van der Waals surface area contributed by atoms with Gasteiger partial charge in [-0.05, 0) is 18.4 Å². The van der Waals surface area contributed by atoms with Crippen LogP contribution < -0.4 is 4.80 Å². The topological polar surface area (TPSA) is 34.4 Å². The minimum absolute atomic E-state index is 0.155. The summed E-state index contributed by atoms with van der Waals surface area (Å²) in [7, 11) is 0. The van der Waals surface area contributed by atoms with Gasteiger partial charge in [0, 0.05) is 18.9 Å². The standard InChI is InChI=1S/C15H14N2OS/c1-3-17-13-9-8-11-6-4-5-7-12(11)14(13)19-15(17)16-10(2)18/h4-9H,3H2,1-2H3. The number of carbonyl (C=O) groups is 1. The Bertz CT molecular complexity index is 842. The van der Waals surface area contributed by atoms with E-state index >= 15 is 0 Å². The van der Waals surface area contributed by atoms with Gasteiger partial charge in [0.2, 0.25) is 5.91 Å². The quantitative estimate of drug-likeness (QED) is 0.668. The molecule has 3 rings (SSSR count). The molecule has 2 aromatic carbocycles. The summed E-state index contributed by atoms with van der Waals surface area (Å²) >= 11 is 1.58. The summed E-state index contributed by atoms with van der Waals surface area (Å²) in [5.41, 5.74) is 1.14. The zero-order valence-electron chi connectivity index (χ0n) is 10.9.